The van der Waals surface area contributed by atoms with E-state index in [0.717, 1.165) is 62.6 Å². The SMILES string of the molecule is C=C(Nc1c(C)c(OC2CCN(CC)CC2)nn1-c1ccccc1)N[C@H]1CON(CCOC)C1. The average Bonchev–Trinajstić information content (AvgIpc) is 3.43. The molecule has 1 aromatic heterocycles. The van der Waals surface area contributed by atoms with E-state index in [4.69, 9.17) is 19.4 Å². The lowest BCUT2D eigenvalue weighted by Gasteiger charge is -2.30. The van der Waals surface area contributed by atoms with Crippen LogP contribution in [0.2, 0.25) is 0 Å². The molecule has 0 spiro atoms. The van der Waals surface area contributed by atoms with E-state index in [0.29, 0.717) is 24.9 Å². The first-order chi connectivity index (χ1) is 16.6. The van der Waals surface area contributed by atoms with Crippen molar-refractivity contribution in [1.82, 2.24) is 25.1 Å². The number of ether oxygens (including phenoxy) is 2. The molecule has 3 heterocycles. The van der Waals surface area contributed by atoms with Crippen molar-refractivity contribution in [1.29, 1.82) is 0 Å². The molecule has 0 aliphatic carbocycles. The van der Waals surface area contributed by atoms with Crippen LogP contribution in [-0.2, 0) is 9.57 Å². The maximum absolute atomic E-state index is 6.40. The highest BCUT2D eigenvalue weighted by Crippen LogP contribution is 2.31. The molecule has 0 amide bonds. The van der Waals surface area contributed by atoms with Crippen LogP contribution in [0.5, 0.6) is 5.88 Å². The number of hydrogen-bond acceptors (Lipinski definition) is 8. The highest BCUT2D eigenvalue weighted by Gasteiger charge is 2.26. The molecule has 9 heteroatoms. The van der Waals surface area contributed by atoms with Gasteiger partial charge in [-0.15, -0.1) is 5.10 Å². The van der Waals surface area contributed by atoms with Crippen molar-refractivity contribution in [3.8, 4) is 11.6 Å². The summed E-state index contributed by atoms with van der Waals surface area (Å²) in [5.74, 6) is 2.22. The Hall–Kier alpha value is -2.59. The number of likely N-dealkylation sites (tertiary alicyclic amines) is 1. The van der Waals surface area contributed by atoms with Crippen molar-refractivity contribution in [3.63, 3.8) is 0 Å². The second-order valence-electron chi connectivity index (χ2n) is 8.90. The van der Waals surface area contributed by atoms with Gasteiger partial charge in [0.25, 0.3) is 0 Å². The van der Waals surface area contributed by atoms with Crippen LogP contribution >= 0.6 is 0 Å². The Morgan fingerprint density at radius 1 is 1.24 bits per heavy atom. The second kappa shape index (κ2) is 11.7. The van der Waals surface area contributed by atoms with Crippen LogP contribution in [0.15, 0.2) is 42.7 Å². The van der Waals surface area contributed by atoms with Crippen molar-refractivity contribution >= 4 is 5.82 Å². The van der Waals surface area contributed by atoms with Crippen LogP contribution < -0.4 is 15.4 Å². The van der Waals surface area contributed by atoms with E-state index in [9.17, 15) is 0 Å². The third-order valence-corrected chi connectivity index (χ3v) is 6.41. The second-order valence-corrected chi connectivity index (χ2v) is 8.90. The fourth-order valence-electron chi connectivity index (χ4n) is 4.40. The first-order valence-electron chi connectivity index (χ1n) is 12.2. The van der Waals surface area contributed by atoms with Crippen LogP contribution in [0, 0.1) is 6.92 Å². The molecule has 4 rings (SSSR count). The minimum Gasteiger partial charge on any atom is -0.473 e. The van der Waals surface area contributed by atoms with Crippen molar-refractivity contribution < 1.29 is 14.3 Å². The monoisotopic (exact) mass is 470 g/mol. The van der Waals surface area contributed by atoms with Gasteiger partial charge in [0.15, 0.2) is 0 Å². The van der Waals surface area contributed by atoms with Gasteiger partial charge in [-0.1, -0.05) is 31.7 Å². The molecule has 0 unspecified atom stereocenters. The molecule has 9 nitrogen and oxygen atoms in total. The number of nitrogens with one attached hydrogen (secondary N) is 2. The number of rotatable bonds is 11. The van der Waals surface area contributed by atoms with Gasteiger partial charge in [-0.25, -0.2) is 4.68 Å². The van der Waals surface area contributed by atoms with Gasteiger partial charge in [0.1, 0.15) is 11.9 Å². The third-order valence-electron chi connectivity index (χ3n) is 6.41. The van der Waals surface area contributed by atoms with E-state index in [1.54, 1.807) is 7.11 Å². The van der Waals surface area contributed by atoms with Crippen LogP contribution in [-0.4, -0.2) is 84.9 Å². The number of para-hydroxylation sites is 1. The van der Waals surface area contributed by atoms with Crippen molar-refractivity contribution in [2.45, 2.75) is 38.8 Å². The van der Waals surface area contributed by atoms with E-state index in [1.165, 1.54) is 0 Å². The quantitative estimate of drug-likeness (QED) is 0.519. The first-order valence-corrected chi connectivity index (χ1v) is 12.2. The van der Waals surface area contributed by atoms with E-state index >= 15 is 0 Å². The van der Waals surface area contributed by atoms with Crippen molar-refractivity contribution in [2.24, 2.45) is 0 Å². The Morgan fingerprint density at radius 2 is 2.00 bits per heavy atom. The van der Waals surface area contributed by atoms with Crippen LogP contribution in [0.3, 0.4) is 0 Å². The highest BCUT2D eigenvalue weighted by atomic mass is 16.7. The fourth-order valence-corrected chi connectivity index (χ4v) is 4.40. The molecule has 0 bridgehead atoms. The van der Waals surface area contributed by atoms with Gasteiger partial charge in [0, 0.05) is 33.3 Å². The number of anilines is 1. The molecule has 34 heavy (non-hydrogen) atoms. The zero-order valence-electron chi connectivity index (χ0n) is 20.6. The molecule has 2 aromatic rings. The maximum atomic E-state index is 6.40. The van der Waals surface area contributed by atoms with Crippen molar-refractivity contribution in [3.05, 3.63) is 48.3 Å². The van der Waals surface area contributed by atoms with Gasteiger partial charge in [0.2, 0.25) is 5.88 Å². The molecule has 0 saturated carbocycles. The van der Waals surface area contributed by atoms with Gasteiger partial charge < -0.3 is 25.0 Å². The molecule has 186 valence electrons. The molecule has 2 aliphatic rings. The third kappa shape index (κ3) is 6.09. The molecular formula is C25H38N6O3. The summed E-state index contributed by atoms with van der Waals surface area (Å²) in [5.41, 5.74) is 1.93. The summed E-state index contributed by atoms with van der Waals surface area (Å²) in [6.07, 6.45) is 2.22. The normalized spacial score (nSPS) is 19.9. The smallest absolute Gasteiger partial charge is 0.238 e. The van der Waals surface area contributed by atoms with Gasteiger partial charge >= 0.3 is 0 Å². The van der Waals surface area contributed by atoms with Gasteiger partial charge in [-0.05, 0) is 38.4 Å². The summed E-state index contributed by atoms with van der Waals surface area (Å²) < 4.78 is 13.4. The lowest BCUT2D eigenvalue weighted by molar-refractivity contribution is -0.118. The summed E-state index contributed by atoms with van der Waals surface area (Å²) in [6, 6.07) is 10.2. The standard InChI is InChI=1S/C25H38N6O3/c1-5-29-13-11-23(12-14-29)34-25-19(2)24(31(28-25)22-9-7-6-8-10-22)27-20(3)26-21-17-30(33-18-21)15-16-32-4/h6-10,21,23,26-27H,3,5,11-18H2,1-2,4H3/t21-/m1/s1. The Labute approximate surface area is 202 Å². The summed E-state index contributed by atoms with van der Waals surface area (Å²) in [6.45, 7) is 14.4. The predicted octanol–water partition coefficient (Wildman–Crippen LogP) is 2.78. The molecule has 2 fully saturated rings. The Morgan fingerprint density at radius 3 is 2.71 bits per heavy atom. The zero-order valence-corrected chi connectivity index (χ0v) is 20.6. The van der Waals surface area contributed by atoms with E-state index < -0.39 is 0 Å². The molecule has 1 atom stereocenters. The summed E-state index contributed by atoms with van der Waals surface area (Å²) in [5, 5.41) is 13.7. The topological polar surface area (TPSA) is 76.0 Å². The number of hydrogen-bond donors (Lipinski definition) is 2. The molecule has 0 radical (unpaired) electrons. The van der Waals surface area contributed by atoms with Crippen LogP contribution in [0.4, 0.5) is 5.82 Å². The predicted molar refractivity (Wildman–Crippen MR) is 133 cm³/mol. The minimum atomic E-state index is 0.143. The number of piperidine rings is 1. The molecule has 2 aliphatic heterocycles. The number of nitrogens with zero attached hydrogens (tertiary/aromatic N) is 4. The highest BCUT2D eigenvalue weighted by molar-refractivity contribution is 5.57. The van der Waals surface area contributed by atoms with E-state index in [-0.39, 0.29) is 12.1 Å². The molecular weight excluding hydrogens is 432 g/mol. The Balaban J connectivity index is 1.45. The maximum Gasteiger partial charge on any atom is 0.238 e. The lowest BCUT2D eigenvalue weighted by atomic mass is 10.1. The molecule has 1 aromatic carbocycles. The van der Waals surface area contributed by atoms with Crippen LogP contribution in [0.1, 0.15) is 25.3 Å². The summed E-state index contributed by atoms with van der Waals surface area (Å²) in [7, 11) is 1.70. The average molecular weight is 471 g/mol. The zero-order chi connectivity index (χ0) is 23.9. The number of methoxy groups -OCH3 is 1. The minimum absolute atomic E-state index is 0.143. The number of aromatic nitrogens is 2. The number of hydroxylamine groups is 2. The van der Waals surface area contributed by atoms with Crippen LogP contribution in [0.25, 0.3) is 5.69 Å². The van der Waals surface area contributed by atoms with Gasteiger partial charge in [-0.3, -0.25) is 4.84 Å². The summed E-state index contributed by atoms with van der Waals surface area (Å²) in [4.78, 5) is 8.18. The summed E-state index contributed by atoms with van der Waals surface area (Å²) >= 11 is 0. The van der Waals surface area contributed by atoms with E-state index in [2.05, 4.69) is 29.0 Å². The largest absolute Gasteiger partial charge is 0.473 e. The first kappa shape index (κ1) is 24.5. The van der Waals surface area contributed by atoms with Gasteiger partial charge in [0.05, 0.1) is 36.3 Å². The molecule has 2 N–H and O–H groups in total. The van der Waals surface area contributed by atoms with Crippen molar-refractivity contribution in [2.75, 3.05) is 58.4 Å². The van der Waals surface area contributed by atoms with E-state index in [1.807, 2.05) is 47.0 Å². The Kier molecular flexibility index (Phi) is 8.44. The molecule has 2 saturated heterocycles. The Bertz CT molecular complexity index is 926. The fraction of sp³-hybridized carbons (Fsp3) is 0.560. The van der Waals surface area contributed by atoms with Gasteiger partial charge in [-0.2, -0.15) is 5.06 Å². The number of benzene rings is 1. The lowest BCUT2D eigenvalue weighted by Crippen LogP contribution is -2.38.